The summed E-state index contributed by atoms with van der Waals surface area (Å²) in [5.74, 6) is -1.69. The third kappa shape index (κ3) is 3.35. The SMILES string of the molecule is N#Cc1ccc(Cl)cc1NC(=O)c1ccc(C(=O)O)nc1. The minimum absolute atomic E-state index is 0.160. The Hall–Kier alpha value is -2.91. The van der Waals surface area contributed by atoms with Gasteiger partial charge in [-0.15, -0.1) is 0 Å². The number of nitrogens with one attached hydrogen (secondary N) is 1. The van der Waals surface area contributed by atoms with Gasteiger partial charge in [0.05, 0.1) is 16.8 Å². The van der Waals surface area contributed by atoms with Crippen molar-refractivity contribution in [2.75, 3.05) is 5.32 Å². The lowest BCUT2D eigenvalue weighted by Crippen LogP contribution is -2.14. The fraction of sp³-hybridized carbons (Fsp3) is 0. The van der Waals surface area contributed by atoms with Crippen LogP contribution in [0.25, 0.3) is 0 Å². The van der Waals surface area contributed by atoms with Crippen LogP contribution in [0.1, 0.15) is 26.4 Å². The molecule has 0 fully saturated rings. The van der Waals surface area contributed by atoms with Crippen molar-refractivity contribution in [1.82, 2.24) is 4.98 Å². The molecule has 2 rings (SSSR count). The maximum atomic E-state index is 12.0. The summed E-state index contributed by atoms with van der Waals surface area (Å²) in [6, 6.07) is 8.98. The molecule has 0 aliphatic carbocycles. The van der Waals surface area contributed by atoms with Crippen LogP contribution in [0, 0.1) is 11.3 Å². The fourth-order valence-electron chi connectivity index (χ4n) is 1.57. The molecule has 0 spiro atoms. The van der Waals surface area contributed by atoms with Crippen molar-refractivity contribution < 1.29 is 14.7 Å². The Morgan fingerprint density at radius 1 is 1.29 bits per heavy atom. The number of halogens is 1. The number of hydrogen-bond acceptors (Lipinski definition) is 4. The largest absolute Gasteiger partial charge is 0.477 e. The van der Waals surface area contributed by atoms with Crippen LogP contribution in [0.15, 0.2) is 36.5 Å². The Morgan fingerprint density at radius 3 is 2.62 bits per heavy atom. The highest BCUT2D eigenvalue weighted by atomic mass is 35.5. The summed E-state index contributed by atoms with van der Waals surface area (Å²) in [7, 11) is 0. The monoisotopic (exact) mass is 301 g/mol. The number of carbonyl (C=O) groups excluding carboxylic acids is 1. The first-order valence-electron chi connectivity index (χ1n) is 5.71. The van der Waals surface area contributed by atoms with E-state index in [1.807, 2.05) is 6.07 Å². The van der Waals surface area contributed by atoms with Crippen molar-refractivity contribution in [2.24, 2.45) is 0 Å². The van der Waals surface area contributed by atoms with Crippen LogP contribution in [-0.2, 0) is 0 Å². The number of aromatic nitrogens is 1. The molecule has 1 aromatic heterocycles. The lowest BCUT2D eigenvalue weighted by Gasteiger charge is -2.07. The zero-order valence-corrected chi connectivity index (χ0v) is 11.3. The summed E-state index contributed by atoms with van der Waals surface area (Å²) in [6.07, 6.45) is 1.15. The number of aromatic carboxylic acids is 1. The summed E-state index contributed by atoms with van der Waals surface area (Å²) in [5.41, 5.74) is 0.552. The molecule has 6 nitrogen and oxygen atoms in total. The van der Waals surface area contributed by atoms with E-state index < -0.39 is 11.9 Å². The highest BCUT2D eigenvalue weighted by Crippen LogP contribution is 2.21. The molecule has 0 saturated carbocycles. The molecule has 21 heavy (non-hydrogen) atoms. The minimum atomic E-state index is -1.18. The van der Waals surface area contributed by atoms with Gasteiger partial charge < -0.3 is 10.4 Å². The summed E-state index contributed by atoms with van der Waals surface area (Å²) >= 11 is 5.82. The lowest BCUT2D eigenvalue weighted by molar-refractivity contribution is 0.0690. The van der Waals surface area contributed by atoms with Crippen LogP contribution in [0.5, 0.6) is 0 Å². The van der Waals surface area contributed by atoms with Crippen LogP contribution in [-0.4, -0.2) is 22.0 Å². The number of carboxylic acid groups (broad SMARTS) is 1. The Balaban J connectivity index is 2.24. The molecule has 1 amide bonds. The zero-order chi connectivity index (χ0) is 15.4. The number of anilines is 1. The Bertz CT molecular complexity index is 751. The first-order valence-corrected chi connectivity index (χ1v) is 6.09. The average molecular weight is 302 g/mol. The number of benzene rings is 1. The van der Waals surface area contributed by atoms with Crippen molar-refractivity contribution in [3.8, 4) is 6.07 Å². The molecule has 1 heterocycles. The van der Waals surface area contributed by atoms with Crippen molar-refractivity contribution >= 4 is 29.2 Å². The van der Waals surface area contributed by atoms with E-state index in [1.165, 1.54) is 24.3 Å². The number of nitriles is 1. The third-order valence-electron chi connectivity index (χ3n) is 2.60. The van der Waals surface area contributed by atoms with E-state index in [-0.39, 0.29) is 22.5 Å². The molecule has 7 heteroatoms. The summed E-state index contributed by atoms with van der Waals surface area (Å²) in [5, 5.41) is 20.6. The van der Waals surface area contributed by atoms with E-state index >= 15 is 0 Å². The first kappa shape index (κ1) is 14.5. The molecule has 0 bridgehead atoms. The molecular weight excluding hydrogens is 294 g/mol. The molecule has 1 aromatic carbocycles. The molecule has 0 saturated heterocycles. The summed E-state index contributed by atoms with van der Waals surface area (Å²) in [4.78, 5) is 26.4. The van der Waals surface area contributed by atoms with Gasteiger partial charge in [-0.05, 0) is 30.3 Å². The topological polar surface area (TPSA) is 103 Å². The molecule has 0 radical (unpaired) electrons. The van der Waals surface area contributed by atoms with Gasteiger partial charge in [0.15, 0.2) is 0 Å². The number of rotatable bonds is 3. The van der Waals surface area contributed by atoms with Gasteiger partial charge in [-0.2, -0.15) is 5.26 Å². The standard InChI is InChI=1S/C14H8ClN3O3/c15-10-3-1-8(6-16)12(5-10)18-13(19)9-2-4-11(14(20)21)17-7-9/h1-5,7H,(H,18,19)(H,20,21). The van der Waals surface area contributed by atoms with Gasteiger partial charge >= 0.3 is 5.97 Å². The second-order valence-corrected chi connectivity index (χ2v) is 4.43. The van der Waals surface area contributed by atoms with Crippen LogP contribution < -0.4 is 5.32 Å². The Kier molecular flexibility index (Phi) is 4.16. The van der Waals surface area contributed by atoms with Gasteiger partial charge in [0.25, 0.3) is 5.91 Å². The van der Waals surface area contributed by atoms with Gasteiger partial charge in [-0.3, -0.25) is 4.79 Å². The van der Waals surface area contributed by atoms with E-state index in [9.17, 15) is 9.59 Å². The number of carbonyl (C=O) groups is 2. The molecule has 0 aliphatic rings. The van der Waals surface area contributed by atoms with E-state index in [4.69, 9.17) is 22.0 Å². The Morgan fingerprint density at radius 2 is 2.05 bits per heavy atom. The van der Waals surface area contributed by atoms with Crippen molar-refractivity contribution in [3.05, 3.63) is 58.4 Å². The molecular formula is C14H8ClN3O3. The molecule has 2 aromatic rings. The van der Waals surface area contributed by atoms with Crippen LogP contribution >= 0.6 is 11.6 Å². The molecule has 2 N–H and O–H groups in total. The number of pyridine rings is 1. The van der Waals surface area contributed by atoms with Gasteiger partial charge in [0.2, 0.25) is 0 Å². The molecule has 0 aliphatic heterocycles. The number of hydrogen-bond donors (Lipinski definition) is 2. The van der Waals surface area contributed by atoms with E-state index in [0.717, 1.165) is 6.20 Å². The first-order chi connectivity index (χ1) is 10.0. The maximum absolute atomic E-state index is 12.0. The number of amides is 1. The fourth-order valence-corrected chi connectivity index (χ4v) is 1.74. The highest BCUT2D eigenvalue weighted by molar-refractivity contribution is 6.31. The van der Waals surface area contributed by atoms with Gasteiger partial charge in [0, 0.05) is 11.2 Å². The van der Waals surface area contributed by atoms with Crippen molar-refractivity contribution in [2.45, 2.75) is 0 Å². The predicted octanol–water partition coefficient (Wildman–Crippen LogP) is 2.56. The van der Waals surface area contributed by atoms with Gasteiger partial charge in [-0.1, -0.05) is 11.6 Å². The zero-order valence-electron chi connectivity index (χ0n) is 10.5. The molecule has 0 unspecified atom stereocenters. The summed E-state index contributed by atoms with van der Waals surface area (Å²) < 4.78 is 0. The smallest absolute Gasteiger partial charge is 0.354 e. The third-order valence-corrected chi connectivity index (χ3v) is 2.83. The average Bonchev–Trinajstić information content (AvgIpc) is 2.47. The van der Waals surface area contributed by atoms with Gasteiger partial charge in [-0.25, -0.2) is 9.78 Å². The highest BCUT2D eigenvalue weighted by Gasteiger charge is 2.11. The van der Waals surface area contributed by atoms with Crippen LogP contribution in [0.4, 0.5) is 5.69 Å². The normalized spacial score (nSPS) is 9.71. The van der Waals surface area contributed by atoms with Crippen LogP contribution in [0.3, 0.4) is 0 Å². The molecule has 0 atom stereocenters. The maximum Gasteiger partial charge on any atom is 0.354 e. The van der Waals surface area contributed by atoms with Gasteiger partial charge in [0.1, 0.15) is 11.8 Å². The van der Waals surface area contributed by atoms with E-state index in [2.05, 4.69) is 10.3 Å². The second kappa shape index (κ2) is 6.03. The lowest BCUT2D eigenvalue weighted by atomic mass is 10.1. The minimum Gasteiger partial charge on any atom is -0.477 e. The molecule has 104 valence electrons. The Labute approximate surface area is 124 Å². The predicted molar refractivity (Wildman–Crippen MR) is 75.3 cm³/mol. The number of nitrogens with zero attached hydrogens (tertiary/aromatic N) is 2. The van der Waals surface area contributed by atoms with E-state index in [0.29, 0.717) is 5.02 Å². The van der Waals surface area contributed by atoms with Crippen LogP contribution in [0.2, 0.25) is 5.02 Å². The second-order valence-electron chi connectivity index (χ2n) is 3.99. The summed E-state index contributed by atoms with van der Waals surface area (Å²) in [6.45, 7) is 0. The van der Waals surface area contributed by atoms with Crippen molar-refractivity contribution in [3.63, 3.8) is 0 Å². The van der Waals surface area contributed by atoms with E-state index in [1.54, 1.807) is 6.07 Å². The van der Waals surface area contributed by atoms with Crippen molar-refractivity contribution in [1.29, 1.82) is 5.26 Å². The quantitative estimate of drug-likeness (QED) is 0.906. The number of carboxylic acids is 1.